The summed E-state index contributed by atoms with van der Waals surface area (Å²) in [5, 5.41) is 6.14. The molecule has 0 fully saturated rings. The van der Waals surface area contributed by atoms with Crippen molar-refractivity contribution in [1.29, 1.82) is 0 Å². The van der Waals surface area contributed by atoms with E-state index in [0.29, 0.717) is 21.4 Å². The number of para-hydroxylation sites is 1. The Kier molecular flexibility index (Phi) is 7.25. The molecule has 0 aliphatic heterocycles. The number of carbonyl (C=O) groups excluding carboxylic acids is 2. The van der Waals surface area contributed by atoms with Gasteiger partial charge in [-0.05, 0) is 43.4 Å². The van der Waals surface area contributed by atoms with Crippen molar-refractivity contribution in [1.82, 2.24) is 4.90 Å². The van der Waals surface area contributed by atoms with Crippen molar-refractivity contribution in [2.75, 3.05) is 30.8 Å². The molecule has 2 aromatic rings. The van der Waals surface area contributed by atoms with Crippen LogP contribution in [0.5, 0.6) is 0 Å². The molecule has 0 atom stereocenters. The number of anilines is 2. The van der Waals surface area contributed by atoms with Crippen LogP contribution in [0.25, 0.3) is 0 Å². The fourth-order valence-corrected chi connectivity index (χ4v) is 2.83. The van der Waals surface area contributed by atoms with Crippen molar-refractivity contribution in [2.45, 2.75) is 0 Å². The SMILES string of the molecule is CN(CC(=O)Nc1ccc(Br)cc1)CC(=O)Nc1c(Cl)cccc1Cl. The van der Waals surface area contributed by atoms with Crippen LogP contribution in [0.15, 0.2) is 46.9 Å². The molecule has 0 aliphatic rings. The van der Waals surface area contributed by atoms with Crippen LogP contribution in [-0.2, 0) is 9.59 Å². The molecule has 2 aromatic carbocycles. The number of halogens is 3. The monoisotopic (exact) mass is 443 g/mol. The molecular formula is C17H16BrCl2N3O2. The highest BCUT2D eigenvalue weighted by atomic mass is 79.9. The lowest BCUT2D eigenvalue weighted by Gasteiger charge is -2.17. The second-order valence-electron chi connectivity index (χ2n) is 5.37. The Morgan fingerprint density at radius 2 is 1.48 bits per heavy atom. The number of hydrogen-bond acceptors (Lipinski definition) is 3. The predicted molar refractivity (Wildman–Crippen MR) is 105 cm³/mol. The van der Waals surface area contributed by atoms with Crippen LogP contribution in [0.1, 0.15) is 0 Å². The fraction of sp³-hybridized carbons (Fsp3) is 0.176. The summed E-state index contributed by atoms with van der Waals surface area (Å²) in [4.78, 5) is 25.7. The van der Waals surface area contributed by atoms with E-state index in [2.05, 4.69) is 26.6 Å². The van der Waals surface area contributed by atoms with Crippen LogP contribution in [0.4, 0.5) is 11.4 Å². The molecule has 0 aromatic heterocycles. The van der Waals surface area contributed by atoms with Gasteiger partial charge in [-0.2, -0.15) is 0 Å². The van der Waals surface area contributed by atoms with Gasteiger partial charge in [-0.1, -0.05) is 45.2 Å². The molecule has 2 amide bonds. The number of benzene rings is 2. The predicted octanol–water partition coefficient (Wildman–Crippen LogP) is 4.26. The van der Waals surface area contributed by atoms with E-state index in [0.717, 1.165) is 4.47 Å². The van der Waals surface area contributed by atoms with Gasteiger partial charge in [0.25, 0.3) is 0 Å². The highest BCUT2D eigenvalue weighted by Crippen LogP contribution is 2.29. The molecule has 132 valence electrons. The lowest BCUT2D eigenvalue weighted by Crippen LogP contribution is -2.36. The third-order valence-electron chi connectivity index (χ3n) is 3.18. The van der Waals surface area contributed by atoms with E-state index in [-0.39, 0.29) is 24.9 Å². The molecule has 0 saturated carbocycles. The van der Waals surface area contributed by atoms with Gasteiger partial charge in [0.15, 0.2) is 0 Å². The van der Waals surface area contributed by atoms with E-state index in [4.69, 9.17) is 23.2 Å². The van der Waals surface area contributed by atoms with E-state index in [1.165, 1.54) is 0 Å². The van der Waals surface area contributed by atoms with Gasteiger partial charge in [0.05, 0.1) is 28.8 Å². The second-order valence-corrected chi connectivity index (χ2v) is 7.10. The second kappa shape index (κ2) is 9.20. The largest absolute Gasteiger partial charge is 0.325 e. The number of hydrogen-bond donors (Lipinski definition) is 2. The first-order valence-corrected chi connectivity index (χ1v) is 8.88. The summed E-state index contributed by atoms with van der Waals surface area (Å²) in [7, 11) is 1.68. The topological polar surface area (TPSA) is 61.4 Å². The Bertz CT molecular complexity index is 749. The average molecular weight is 445 g/mol. The number of nitrogens with one attached hydrogen (secondary N) is 2. The molecule has 2 N–H and O–H groups in total. The molecule has 0 heterocycles. The van der Waals surface area contributed by atoms with Crippen LogP contribution in [0.3, 0.4) is 0 Å². The zero-order valence-electron chi connectivity index (χ0n) is 13.4. The number of likely N-dealkylation sites (N-methyl/N-ethyl adjacent to an activating group) is 1. The van der Waals surface area contributed by atoms with Gasteiger partial charge in [0.2, 0.25) is 11.8 Å². The van der Waals surface area contributed by atoms with Gasteiger partial charge in [0.1, 0.15) is 0 Å². The smallest absolute Gasteiger partial charge is 0.238 e. The third-order valence-corrected chi connectivity index (χ3v) is 4.34. The van der Waals surface area contributed by atoms with E-state index in [1.807, 2.05) is 12.1 Å². The molecule has 2 rings (SSSR count). The summed E-state index contributed by atoms with van der Waals surface area (Å²) in [5.74, 6) is -0.526. The van der Waals surface area contributed by atoms with Gasteiger partial charge in [0, 0.05) is 10.2 Å². The Labute approximate surface area is 164 Å². The highest BCUT2D eigenvalue weighted by Gasteiger charge is 2.14. The van der Waals surface area contributed by atoms with Crippen molar-refractivity contribution in [3.05, 3.63) is 57.0 Å². The standard InChI is InChI=1S/C17H16BrCl2N3O2/c1-23(9-15(24)21-12-7-5-11(18)6-8-12)10-16(25)22-17-13(19)3-2-4-14(17)20/h2-8H,9-10H2,1H3,(H,21,24)(H,22,25). The molecule has 0 spiro atoms. The Hall–Kier alpha value is -1.60. The Balaban J connectivity index is 1.84. The van der Waals surface area contributed by atoms with E-state index in [1.54, 1.807) is 42.3 Å². The van der Waals surface area contributed by atoms with Crippen molar-refractivity contribution in [3.8, 4) is 0 Å². The lowest BCUT2D eigenvalue weighted by molar-refractivity contribution is -0.119. The molecule has 8 heteroatoms. The van der Waals surface area contributed by atoms with Crippen molar-refractivity contribution in [3.63, 3.8) is 0 Å². The number of carbonyl (C=O) groups is 2. The molecule has 0 radical (unpaired) electrons. The molecule has 0 aliphatic carbocycles. The maximum Gasteiger partial charge on any atom is 0.238 e. The zero-order valence-corrected chi connectivity index (χ0v) is 16.5. The van der Waals surface area contributed by atoms with E-state index in [9.17, 15) is 9.59 Å². The molecule has 5 nitrogen and oxygen atoms in total. The van der Waals surface area contributed by atoms with E-state index < -0.39 is 0 Å². The maximum absolute atomic E-state index is 12.1. The van der Waals surface area contributed by atoms with Crippen LogP contribution in [0, 0.1) is 0 Å². The van der Waals surface area contributed by atoms with Crippen LogP contribution in [0.2, 0.25) is 10.0 Å². The summed E-state index contributed by atoms with van der Waals surface area (Å²) >= 11 is 15.4. The molecule has 0 unspecified atom stereocenters. The van der Waals surface area contributed by atoms with Gasteiger partial charge >= 0.3 is 0 Å². The zero-order chi connectivity index (χ0) is 18.4. The lowest BCUT2D eigenvalue weighted by atomic mass is 10.3. The van der Waals surface area contributed by atoms with Gasteiger partial charge in [-0.15, -0.1) is 0 Å². The fourth-order valence-electron chi connectivity index (χ4n) is 2.08. The number of nitrogens with zero attached hydrogens (tertiary/aromatic N) is 1. The summed E-state index contributed by atoms with van der Waals surface area (Å²) < 4.78 is 0.928. The van der Waals surface area contributed by atoms with Crippen LogP contribution in [-0.4, -0.2) is 36.9 Å². The minimum absolute atomic E-state index is 0.0231. The van der Waals surface area contributed by atoms with Crippen LogP contribution < -0.4 is 10.6 Å². The number of rotatable bonds is 6. The first kappa shape index (κ1) is 19.7. The van der Waals surface area contributed by atoms with Crippen molar-refractivity contribution in [2.24, 2.45) is 0 Å². The van der Waals surface area contributed by atoms with Crippen molar-refractivity contribution < 1.29 is 9.59 Å². The molecule has 25 heavy (non-hydrogen) atoms. The average Bonchev–Trinajstić information content (AvgIpc) is 2.53. The number of amides is 2. The molecular weight excluding hydrogens is 429 g/mol. The quantitative estimate of drug-likeness (QED) is 0.699. The molecule has 0 saturated heterocycles. The Morgan fingerprint density at radius 1 is 0.960 bits per heavy atom. The van der Waals surface area contributed by atoms with Crippen molar-refractivity contribution >= 4 is 62.3 Å². The normalized spacial score (nSPS) is 10.6. The first-order valence-electron chi connectivity index (χ1n) is 7.33. The van der Waals surface area contributed by atoms with E-state index >= 15 is 0 Å². The molecule has 0 bridgehead atoms. The highest BCUT2D eigenvalue weighted by molar-refractivity contribution is 9.10. The summed E-state index contributed by atoms with van der Waals surface area (Å²) in [6.45, 7) is 0.0923. The van der Waals surface area contributed by atoms with Crippen LogP contribution >= 0.6 is 39.1 Å². The summed E-state index contributed by atoms with van der Waals surface area (Å²) in [6, 6.07) is 12.2. The Morgan fingerprint density at radius 3 is 2.04 bits per heavy atom. The summed E-state index contributed by atoms with van der Waals surface area (Å²) in [5.41, 5.74) is 1.05. The third kappa shape index (κ3) is 6.32. The minimum Gasteiger partial charge on any atom is -0.325 e. The first-order chi connectivity index (χ1) is 11.8. The van der Waals surface area contributed by atoms with Gasteiger partial charge in [-0.25, -0.2) is 0 Å². The van der Waals surface area contributed by atoms with Gasteiger partial charge in [-0.3, -0.25) is 14.5 Å². The maximum atomic E-state index is 12.1. The van der Waals surface area contributed by atoms with Gasteiger partial charge < -0.3 is 10.6 Å². The minimum atomic E-state index is -0.311. The summed E-state index contributed by atoms with van der Waals surface area (Å²) in [6.07, 6.45) is 0.